The number of carbonyl (C=O) groups excluding carboxylic acids is 1. The van der Waals surface area contributed by atoms with Crippen LogP contribution in [-0.2, 0) is 6.42 Å². The van der Waals surface area contributed by atoms with Crippen molar-refractivity contribution in [2.45, 2.75) is 26.3 Å². The molecule has 0 saturated carbocycles. The molecule has 0 fully saturated rings. The highest BCUT2D eigenvalue weighted by Crippen LogP contribution is 2.25. The van der Waals surface area contributed by atoms with E-state index >= 15 is 0 Å². The molecule has 0 radical (unpaired) electrons. The summed E-state index contributed by atoms with van der Waals surface area (Å²) in [5.74, 6) is 0.0896. The number of carbonyl (C=O) groups is 1. The second kappa shape index (κ2) is 7.21. The summed E-state index contributed by atoms with van der Waals surface area (Å²) in [6.07, 6.45) is 2.11. The molecule has 0 bridgehead atoms. The molecule has 0 saturated heterocycles. The smallest absolute Gasteiger partial charge is 0.319 e. The van der Waals surface area contributed by atoms with E-state index < -0.39 is 11.8 Å². The average Bonchev–Trinajstić information content (AvgIpc) is 3.21. The monoisotopic (exact) mass is 342 g/mol. The van der Waals surface area contributed by atoms with Gasteiger partial charge in [-0.25, -0.2) is 9.18 Å². The first-order chi connectivity index (χ1) is 12.0. The number of H-pyrrole nitrogens is 1. The van der Waals surface area contributed by atoms with Crippen LogP contribution >= 0.6 is 0 Å². The Morgan fingerprint density at radius 1 is 1.36 bits per heavy atom. The number of nitrogens with one attached hydrogen (secondary N) is 3. The van der Waals surface area contributed by atoms with Gasteiger partial charge in [-0.1, -0.05) is 0 Å². The molecule has 0 aliphatic heterocycles. The van der Waals surface area contributed by atoms with E-state index in [0.29, 0.717) is 17.7 Å². The highest BCUT2D eigenvalue weighted by molar-refractivity contribution is 5.90. The first kappa shape index (κ1) is 16.8. The average molecular weight is 342 g/mol. The largest absolute Gasteiger partial charge is 0.464 e. The van der Waals surface area contributed by atoms with Gasteiger partial charge in [0.15, 0.2) is 0 Å². The van der Waals surface area contributed by atoms with E-state index in [9.17, 15) is 9.18 Å². The second-order valence-electron chi connectivity index (χ2n) is 5.92. The number of aromatic nitrogens is 2. The van der Waals surface area contributed by atoms with E-state index in [0.717, 1.165) is 11.4 Å². The Labute approximate surface area is 144 Å². The molecule has 0 aliphatic rings. The Morgan fingerprint density at radius 2 is 2.20 bits per heavy atom. The van der Waals surface area contributed by atoms with Crippen LogP contribution in [0.3, 0.4) is 0 Å². The summed E-state index contributed by atoms with van der Waals surface area (Å²) >= 11 is 0. The molecule has 1 aromatic carbocycles. The highest BCUT2D eigenvalue weighted by atomic mass is 19.1. The van der Waals surface area contributed by atoms with Crippen molar-refractivity contribution < 1.29 is 13.6 Å². The van der Waals surface area contributed by atoms with Gasteiger partial charge in [0, 0.05) is 23.7 Å². The lowest BCUT2D eigenvalue weighted by Crippen LogP contribution is -2.37. The molecule has 2 heterocycles. The van der Waals surface area contributed by atoms with Crippen LogP contribution < -0.4 is 10.6 Å². The Bertz CT molecular complexity index is 858. The maximum absolute atomic E-state index is 14.0. The summed E-state index contributed by atoms with van der Waals surface area (Å²) in [6.45, 7) is 3.77. The molecular weight excluding hydrogens is 323 g/mol. The first-order valence-electron chi connectivity index (χ1n) is 7.93. The molecule has 6 nitrogen and oxygen atoms in total. The van der Waals surface area contributed by atoms with Gasteiger partial charge in [-0.05, 0) is 50.2 Å². The van der Waals surface area contributed by atoms with Crippen molar-refractivity contribution in [2.75, 3.05) is 5.32 Å². The van der Waals surface area contributed by atoms with Gasteiger partial charge in [0.05, 0.1) is 17.6 Å². The van der Waals surface area contributed by atoms with Gasteiger partial charge in [0.1, 0.15) is 11.6 Å². The Balaban J connectivity index is 1.63. The normalized spacial score (nSPS) is 12.0. The van der Waals surface area contributed by atoms with Crippen LogP contribution in [0.2, 0.25) is 0 Å². The fourth-order valence-corrected chi connectivity index (χ4v) is 2.54. The van der Waals surface area contributed by atoms with Crippen LogP contribution in [0.4, 0.5) is 14.9 Å². The number of urea groups is 1. The number of rotatable bonds is 5. The van der Waals surface area contributed by atoms with Gasteiger partial charge >= 0.3 is 6.03 Å². The topological polar surface area (TPSA) is 82.9 Å². The van der Waals surface area contributed by atoms with E-state index in [1.807, 2.05) is 19.9 Å². The van der Waals surface area contributed by atoms with Crippen LogP contribution in [-0.4, -0.2) is 22.3 Å². The number of halogens is 1. The molecule has 0 aliphatic carbocycles. The van der Waals surface area contributed by atoms with Crippen molar-refractivity contribution in [3.63, 3.8) is 0 Å². The van der Waals surface area contributed by atoms with Gasteiger partial charge in [-0.15, -0.1) is 0 Å². The number of benzene rings is 1. The van der Waals surface area contributed by atoms with E-state index in [2.05, 4.69) is 20.8 Å². The summed E-state index contributed by atoms with van der Waals surface area (Å²) in [7, 11) is 0. The summed E-state index contributed by atoms with van der Waals surface area (Å²) in [4.78, 5) is 12.1. The molecule has 3 N–H and O–H groups in total. The number of aromatic amines is 1. The lowest BCUT2D eigenvalue weighted by atomic mass is 10.1. The third-order valence-electron chi connectivity index (χ3n) is 3.67. The Hall–Kier alpha value is -3.09. The lowest BCUT2D eigenvalue weighted by Gasteiger charge is -2.14. The zero-order valence-corrected chi connectivity index (χ0v) is 14.0. The van der Waals surface area contributed by atoms with Crippen molar-refractivity contribution in [3.8, 4) is 11.3 Å². The predicted molar refractivity (Wildman–Crippen MR) is 92.7 cm³/mol. The van der Waals surface area contributed by atoms with Crippen molar-refractivity contribution in [2.24, 2.45) is 0 Å². The summed E-state index contributed by atoms with van der Waals surface area (Å²) in [6, 6.07) is 9.23. The molecule has 0 spiro atoms. The van der Waals surface area contributed by atoms with Gasteiger partial charge in [0.25, 0.3) is 0 Å². The van der Waals surface area contributed by atoms with E-state index in [-0.39, 0.29) is 11.7 Å². The van der Waals surface area contributed by atoms with Gasteiger partial charge in [0.2, 0.25) is 0 Å². The maximum atomic E-state index is 14.0. The van der Waals surface area contributed by atoms with Crippen LogP contribution in [0.1, 0.15) is 18.3 Å². The number of furan rings is 1. The van der Waals surface area contributed by atoms with Gasteiger partial charge < -0.3 is 15.1 Å². The molecule has 3 rings (SSSR count). The van der Waals surface area contributed by atoms with Crippen LogP contribution in [0.5, 0.6) is 0 Å². The summed E-state index contributed by atoms with van der Waals surface area (Å²) in [5.41, 5.74) is 2.59. The van der Waals surface area contributed by atoms with Crippen molar-refractivity contribution in [3.05, 3.63) is 59.9 Å². The third kappa shape index (κ3) is 4.26. The van der Waals surface area contributed by atoms with E-state index in [1.165, 1.54) is 18.4 Å². The predicted octanol–water partition coefficient (Wildman–Crippen LogP) is 3.87. The second-order valence-corrected chi connectivity index (χ2v) is 5.92. The molecular formula is C18H19FN4O2. The highest BCUT2D eigenvalue weighted by Gasteiger charge is 2.13. The number of hydrogen-bond acceptors (Lipinski definition) is 3. The Morgan fingerprint density at radius 3 is 2.88 bits per heavy atom. The minimum atomic E-state index is -0.513. The molecule has 2 amide bonds. The maximum Gasteiger partial charge on any atom is 0.319 e. The van der Waals surface area contributed by atoms with E-state index in [4.69, 9.17) is 4.42 Å². The zero-order valence-electron chi connectivity index (χ0n) is 14.0. The molecule has 25 heavy (non-hydrogen) atoms. The third-order valence-corrected chi connectivity index (χ3v) is 3.67. The SMILES string of the molecule is Cc1cc(C[C@H](C)NC(=O)Nc2cc(-c3ccco3)ccc2F)n[nH]1. The number of hydrogen-bond donors (Lipinski definition) is 3. The number of amides is 2. The standard InChI is InChI=1S/C18H19FN4O2/c1-11(8-14-9-12(2)22-23-14)20-18(24)21-16-10-13(5-6-15(16)19)17-4-3-7-25-17/h3-7,9-11H,8H2,1-2H3,(H,22,23)(H2,20,21,24)/t11-/m0/s1. The number of anilines is 1. The minimum absolute atomic E-state index is 0.0919. The minimum Gasteiger partial charge on any atom is -0.464 e. The lowest BCUT2D eigenvalue weighted by molar-refractivity contribution is 0.249. The van der Waals surface area contributed by atoms with Crippen LogP contribution in [0.15, 0.2) is 47.1 Å². The number of aryl methyl sites for hydroxylation is 1. The quantitative estimate of drug-likeness (QED) is 0.658. The van der Waals surface area contributed by atoms with Crippen LogP contribution in [0, 0.1) is 12.7 Å². The fourth-order valence-electron chi connectivity index (χ4n) is 2.54. The van der Waals surface area contributed by atoms with Crippen molar-refractivity contribution in [1.29, 1.82) is 0 Å². The molecule has 0 unspecified atom stereocenters. The first-order valence-corrected chi connectivity index (χ1v) is 7.93. The summed E-state index contributed by atoms with van der Waals surface area (Å²) in [5, 5.41) is 12.3. The van der Waals surface area contributed by atoms with Gasteiger partial charge in [-0.2, -0.15) is 5.10 Å². The van der Waals surface area contributed by atoms with Gasteiger partial charge in [-0.3, -0.25) is 5.10 Å². The van der Waals surface area contributed by atoms with Crippen molar-refractivity contribution >= 4 is 11.7 Å². The molecule has 1 atom stereocenters. The summed E-state index contributed by atoms with van der Waals surface area (Å²) < 4.78 is 19.3. The van der Waals surface area contributed by atoms with E-state index in [1.54, 1.807) is 18.2 Å². The van der Waals surface area contributed by atoms with Crippen molar-refractivity contribution in [1.82, 2.24) is 15.5 Å². The molecule has 2 aromatic heterocycles. The number of nitrogens with zero attached hydrogens (tertiary/aromatic N) is 1. The fraction of sp³-hybridized carbons (Fsp3) is 0.222. The Kier molecular flexibility index (Phi) is 4.83. The molecule has 3 aromatic rings. The molecule has 7 heteroatoms. The zero-order chi connectivity index (χ0) is 17.8. The molecule has 130 valence electrons. The van der Waals surface area contributed by atoms with Crippen LogP contribution in [0.25, 0.3) is 11.3 Å².